The van der Waals surface area contributed by atoms with Crippen LogP contribution in [0.3, 0.4) is 0 Å². The average Bonchev–Trinajstić information content (AvgIpc) is 1.98. The molecule has 3 nitrogen and oxygen atoms in total. The summed E-state index contributed by atoms with van der Waals surface area (Å²) >= 11 is 1.87. The Labute approximate surface area is 83.0 Å². The lowest BCUT2D eigenvalue weighted by molar-refractivity contribution is 0.493. The standard InChI is InChI=1S/C6H14BIN2O/c1-6(2)5-9-10(4)7(3)11-8/h5-6H,1-4H3/b9-5-. The van der Waals surface area contributed by atoms with E-state index in [1.165, 1.54) is 0 Å². The first-order chi connectivity index (χ1) is 5.07. The first-order valence-corrected chi connectivity index (χ1v) is 4.50. The van der Waals surface area contributed by atoms with Crippen molar-refractivity contribution in [3.63, 3.8) is 0 Å². The Morgan fingerprint density at radius 3 is 2.55 bits per heavy atom. The Balaban J connectivity index is 3.75. The van der Waals surface area contributed by atoms with Crippen molar-refractivity contribution in [1.29, 1.82) is 0 Å². The molecule has 64 valence electrons. The second-order valence-electron chi connectivity index (χ2n) is 2.77. The van der Waals surface area contributed by atoms with Gasteiger partial charge < -0.3 is 7.90 Å². The molecule has 11 heavy (non-hydrogen) atoms. The van der Waals surface area contributed by atoms with Crippen LogP contribution in [0.2, 0.25) is 6.82 Å². The predicted molar refractivity (Wildman–Crippen MR) is 57.8 cm³/mol. The average molecular weight is 268 g/mol. The van der Waals surface area contributed by atoms with Crippen molar-refractivity contribution in [1.82, 2.24) is 4.92 Å². The molecule has 0 saturated carbocycles. The van der Waals surface area contributed by atoms with Crippen LogP contribution in [0.15, 0.2) is 5.10 Å². The predicted octanol–water partition coefficient (Wildman–Crippen LogP) is 2.04. The minimum Gasteiger partial charge on any atom is -0.351 e. The van der Waals surface area contributed by atoms with Crippen LogP contribution in [0.1, 0.15) is 13.8 Å². The Kier molecular flexibility index (Phi) is 5.94. The minimum absolute atomic E-state index is 0.0330. The van der Waals surface area contributed by atoms with E-state index in [4.69, 9.17) is 2.98 Å². The third-order valence-electron chi connectivity index (χ3n) is 1.20. The molecule has 0 aromatic rings. The highest BCUT2D eigenvalue weighted by Crippen LogP contribution is 1.99. The number of hydrogen-bond donors (Lipinski definition) is 0. The highest BCUT2D eigenvalue weighted by molar-refractivity contribution is 14.1. The molecule has 0 aliphatic rings. The normalized spacial score (nSPS) is 11.1. The summed E-state index contributed by atoms with van der Waals surface area (Å²) in [5, 5.41) is 4.17. The molecule has 5 heteroatoms. The second kappa shape index (κ2) is 5.82. The van der Waals surface area contributed by atoms with Gasteiger partial charge in [-0.3, -0.25) is 0 Å². The van der Waals surface area contributed by atoms with Gasteiger partial charge in [-0.05, 0) is 12.7 Å². The molecule has 0 aromatic heterocycles. The summed E-state index contributed by atoms with van der Waals surface area (Å²) in [4.78, 5) is 1.78. The third-order valence-corrected chi connectivity index (χ3v) is 1.94. The van der Waals surface area contributed by atoms with Crippen LogP contribution < -0.4 is 0 Å². The molecule has 0 amide bonds. The van der Waals surface area contributed by atoms with Gasteiger partial charge >= 0.3 is 7.05 Å². The SMILES string of the molecule is CB(OI)N(C)/N=C\C(C)C. The van der Waals surface area contributed by atoms with E-state index in [2.05, 4.69) is 18.9 Å². The van der Waals surface area contributed by atoms with Gasteiger partial charge in [0.15, 0.2) is 0 Å². The van der Waals surface area contributed by atoms with E-state index in [0.29, 0.717) is 5.92 Å². The molecule has 0 radical (unpaired) electrons. The molecule has 0 aromatic carbocycles. The molecule has 0 rings (SSSR count). The fourth-order valence-corrected chi connectivity index (χ4v) is 0.719. The van der Waals surface area contributed by atoms with E-state index in [9.17, 15) is 0 Å². The summed E-state index contributed by atoms with van der Waals surface area (Å²) in [6.45, 7) is 6.13. The zero-order valence-corrected chi connectivity index (χ0v) is 9.57. The van der Waals surface area contributed by atoms with E-state index in [1.54, 1.807) is 4.92 Å². The van der Waals surface area contributed by atoms with Crippen LogP contribution >= 0.6 is 23.0 Å². The van der Waals surface area contributed by atoms with Gasteiger partial charge in [-0.25, -0.2) is 5.10 Å². The van der Waals surface area contributed by atoms with Crippen LogP contribution in [0.4, 0.5) is 0 Å². The fourth-order valence-electron chi connectivity index (χ4n) is 0.390. The highest BCUT2D eigenvalue weighted by atomic mass is 127. The molecule has 0 saturated heterocycles. The van der Waals surface area contributed by atoms with Crippen LogP contribution in [-0.2, 0) is 2.98 Å². The van der Waals surface area contributed by atoms with Gasteiger partial charge in [0.2, 0.25) is 0 Å². The Hall–Kier alpha value is 0.225. The monoisotopic (exact) mass is 268 g/mol. The molecule has 0 aliphatic carbocycles. The number of halogens is 1. The summed E-state index contributed by atoms with van der Waals surface area (Å²) in [6, 6.07) is 0. The molecular formula is C6H14BIN2O. The largest absolute Gasteiger partial charge is 0.438 e. The Morgan fingerprint density at radius 2 is 2.18 bits per heavy atom. The topological polar surface area (TPSA) is 24.8 Å². The van der Waals surface area contributed by atoms with Crippen molar-refractivity contribution in [2.75, 3.05) is 7.05 Å². The van der Waals surface area contributed by atoms with Gasteiger partial charge in [0.25, 0.3) is 0 Å². The van der Waals surface area contributed by atoms with E-state index >= 15 is 0 Å². The van der Waals surface area contributed by atoms with Crippen LogP contribution in [0, 0.1) is 5.92 Å². The lowest BCUT2D eigenvalue weighted by atomic mass is 9.88. The van der Waals surface area contributed by atoms with Crippen molar-refractivity contribution in [3.05, 3.63) is 0 Å². The number of hydrazone groups is 1. The summed E-state index contributed by atoms with van der Waals surface area (Å²) in [5.41, 5.74) is 0. The molecule has 0 spiro atoms. The van der Waals surface area contributed by atoms with Gasteiger partial charge in [-0.15, -0.1) is 0 Å². The van der Waals surface area contributed by atoms with Gasteiger partial charge in [0.05, 0.1) is 23.0 Å². The molecule has 0 fully saturated rings. The molecule has 0 bridgehead atoms. The van der Waals surface area contributed by atoms with E-state index < -0.39 is 0 Å². The minimum atomic E-state index is 0.0330. The molecule has 0 unspecified atom stereocenters. The van der Waals surface area contributed by atoms with Crippen molar-refractivity contribution in [2.24, 2.45) is 11.0 Å². The molecule has 0 N–H and O–H groups in total. The summed E-state index contributed by atoms with van der Waals surface area (Å²) in [6.07, 6.45) is 1.90. The lowest BCUT2D eigenvalue weighted by Crippen LogP contribution is -2.29. The molecule has 0 aliphatic heterocycles. The number of hydrogen-bond acceptors (Lipinski definition) is 3. The Bertz CT molecular complexity index is 132. The zero-order chi connectivity index (χ0) is 8.85. The van der Waals surface area contributed by atoms with E-state index in [-0.39, 0.29) is 7.05 Å². The number of rotatable bonds is 4. The van der Waals surface area contributed by atoms with Crippen LogP contribution in [0.25, 0.3) is 0 Å². The summed E-state index contributed by atoms with van der Waals surface area (Å²) < 4.78 is 5.03. The maximum atomic E-state index is 5.03. The lowest BCUT2D eigenvalue weighted by Gasteiger charge is -2.14. The van der Waals surface area contributed by atoms with Gasteiger partial charge in [-0.1, -0.05) is 13.8 Å². The zero-order valence-electron chi connectivity index (χ0n) is 7.41. The fraction of sp³-hybridized carbons (Fsp3) is 0.833. The highest BCUT2D eigenvalue weighted by Gasteiger charge is 2.12. The summed E-state index contributed by atoms with van der Waals surface area (Å²) in [5.74, 6) is 0.485. The van der Waals surface area contributed by atoms with Crippen molar-refractivity contribution in [3.8, 4) is 0 Å². The maximum absolute atomic E-state index is 5.03. The summed E-state index contributed by atoms with van der Waals surface area (Å²) in [7, 11) is 1.92. The second-order valence-corrected chi connectivity index (χ2v) is 3.28. The quantitative estimate of drug-likeness (QED) is 0.337. The molecular weight excluding hydrogens is 254 g/mol. The number of nitrogens with zero attached hydrogens (tertiary/aromatic N) is 2. The van der Waals surface area contributed by atoms with Crippen LogP contribution in [-0.4, -0.2) is 25.2 Å². The van der Waals surface area contributed by atoms with Crippen molar-refractivity contribution in [2.45, 2.75) is 20.7 Å². The van der Waals surface area contributed by atoms with Gasteiger partial charge in [0.1, 0.15) is 0 Å². The van der Waals surface area contributed by atoms with Crippen molar-refractivity contribution < 1.29 is 2.98 Å². The molecule has 0 atom stereocenters. The first-order valence-electron chi connectivity index (χ1n) is 3.62. The van der Waals surface area contributed by atoms with E-state index in [1.807, 2.05) is 43.1 Å². The molecule has 0 heterocycles. The maximum Gasteiger partial charge on any atom is 0.438 e. The van der Waals surface area contributed by atoms with Gasteiger partial charge in [-0.2, -0.15) is 0 Å². The third kappa shape index (κ3) is 5.49. The smallest absolute Gasteiger partial charge is 0.351 e. The van der Waals surface area contributed by atoms with E-state index in [0.717, 1.165) is 0 Å². The first kappa shape index (κ1) is 11.2. The Morgan fingerprint density at radius 1 is 1.64 bits per heavy atom. The van der Waals surface area contributed by atoms with Gasteiger partial charge in [0, 0.05) is 13.3 Å². The van der Waals surface area contributed by atoms with Crippen LogP contribution in [0.5, 0.6) is 0 Å². The van der Waals surface area contributed by atoms with Crippen molar-refractivity contribution >= 4 is 36.3 Å².